The van der Waals surface area contributed by atoms with Crippen LogP contribution in [0.15, 0.2) is 18.2 Å². The first-order valence-corrected chi connectivity index (χ1v) is 6.64. The van der Waals surface area contributed by atoms with Gasteiger partial charge < -0.3 is 9.47 Å². The Bertz CT molecular complexity index is 439. The predicted molar refractivity (Wildman–Crippen MR) is 73.5 cm³/mol. The number of ether oxygens (including phenoxy) is 2. The molecule has 1 fully saturated rings. The highest BCUT2D eigenvalue weighted by Gasteiger charge is 2.14. The van der Waals surface area contributed by atoms with E-state index in [1.54, 1.807) is 14.0 Å². The summed E-state index contributed by atoms with van der Waals surface area (Å²) in [6.45, 7) is 5.93. The second-order valence-electron chi connectivity index (χ2n) is 4.91. The maximum absolute atomic E-state index is 11.2. The molecule has 0 spiro atoms. The number of nitrogens with zero attached hydrogens (tertiary/aromatic N) is 1. The minimum absolute atomic E-state index is 0.183. The number of carbonyl (C=O) groups excluding carboxylic acids is 1. The Kier molecular flexibility index (Phi) is 4.93. The molecule has 4 nitrogen and oxygen atoms in total. The second-order valence-corrected chi connectivity index (χ2v) is 4.91. The second kappa shape index (κ2) is 6.68. The zero-order valence-electron chi connectivity index (χ0n) is 11.6. The van der Waals surface area contributed by atoms with Crippen molar-refractivity contribution in [3.8, 4) is 5.75 Å². The van der Waals surface area contributed by atoms with Gasteiger partial charge in [0.2, 0.25) is 0 Å². The fraction of sp³-hybridized carbons (Fsp3) is 0.533. The number of benzene rings is 1. The number of Topliss-reactive ketones (excluding diaryl/α,β-unsaturated/α-hetero) is 1. The quantitative estimate of drug-likeness (QED) is 0.810. The number of carbonyl (C=O) groups is 1. The average Bonchev–Trinajstić information content (AvgIpc) is 2.39. The summed E-state index contributed by atoms with van der Waals surface area (Å²) in [6.07, 6.45) is 0.486. The van der Waals surface area contributed by atoms with Crippen molar-refractivity contribution in [3.05, 3.63) is 29.3 Å². The number of rotatable bonds is 5. The molecule has 0 aliphatic carbocycles. The molecule has 1 aliphatic heterocycles. The molecule has 1 aromatic rings. The lowest BCUT2D eigenvalue weighted by molar-refractivity contribution is -0.116. The number of morpholine rings is 1. The summed E-state index contributed by atoms with van der Waals surface area (Å²) < 4.78 is 10.8. The summed E-state index contributed by atoms with van der Waals surface area (Å²) in [6, 6.07) is 5.99. The van der Waals surface area contributed by atoms with E-state index in [0.29, 0.717) is 6.42 Å². The number of hydrogen-bond donors (Lipinski definition) is 0. The smallest absolute Gasteiger partial charge is 0.134 e. The molecule has 104 valence electrons. The zero-order chi connectivity index (χ0) is 13.7. The van der Waals surface area contributed by atoms with Gasteiger partial charge in [0.25, 0.3) is 0 Å². The third-order valence-electron chi connectivity index (χ3n) is 3.30. The standard InChI is InChI=1S/C15H21NO3/c1-12(17)9-13-3-4-15(18-2)14(10-13)11-16-5-7-19-8-6-16/h3-4,10H,5-9,11H2,1-2H3. The molecule has 1 saturated heterocycles. The lowest BCUT2D eigenvalue weighted by Crippen LogP contribution is -2.35. The molecule has 0 atom stereocenters. The molecule has 0 radical (unpaired) electrons. The van der Waals surface area contributed by atoms with Gasteiger partial charge in [0.1, 0.15) is 11.5 Å². The average molecular weight is 263 g/mol. The van der Waals surface area contributed by atoms with E-state index >= 15 is 0 Å². The largest absolute Gasteiger partial charge is 0.496 e. The highest BCUT2D eigenvalue weighted by Crippen LogP contribution is 2.22. The molecule has 4 heteroatoms. The van der Waals surface area contributed by atoms with Crippen LogP contribution >= 0.6 is 0 Å². The Hall–Kier alpha value is -1.39. The van der Waals surface area contributed by atoms with Crippen molar-refractivity contribution in [3.63, 3.8) is 0 Å². The van der Waals surface area contributed by atoms with E-state index in [-0.39, 0.29) is 5.78 Å². The zero-order valence-corrected chi connectivity index (χ0v) is 11.6. The number of ketones is 1. The normalized spacial score (nSPS) is 16.3. The maximum atomic E-state index is 11.2. The molecule has 0 aromatic heterocycles. The van der Waals surface area contributed by atoms with Gasteiger partial charge >= 0.3 is 0 Å². The van der Waals surface area contributed by atoms with Crippen LogP contribution in [0.1, 0.15) is 18.1 Å². The molecule has 0 bridgehead atoms. The van der Waals surface area contributed by atoms with Gasteiger partial charge in [-0.3, -0.25) is 9.69 Å². The van der Waals surface area contributed by atoms with E-state index in [0.717, 1.165) is 49.7 Å². The first-order valence-electron chi connectivity index (χ1n) is 6.64. The Balaban J connectivity index is 2.12. The fourth-order valence-electron chi connectivity index (χ4n) is 2.35. The molecule has 1 aromatic carbocycles. The lowest BCUT2D eigenvalue weighted by atomic mass is 10.0. The predicted octanol–water partition coefficient (Wildman–Crippen LogP) is 1.66. The Morgan fingerprint density at radius 3 is 2.74 bits per heavy atom. The Morgan fingerprint density at radius 2 is 2.11 bits per heavy atom. The third-order valence-corrected chi connectivity index (χ3v) is 3.30. The molecule has 1 heterocycles. The fourth-order valence-corrected chi connectivity index (χ4v) is 2.35. The van der Waals surface area contributed by atoms with Gasteiger partial charge in [-0.1, -0.05) is 12.1 Å². The van der Waals surface area contributed by atoms with Crippen molar-refractivity contribution in [2.45, 2.75) is 19.9 Å². The van der Waals surface area contributed by atoms with Crippen LogP contribution in [0.25, 0.3) is 0 Å². The first kappa shape index (κ1) is 14.0. The van der Waals surface area contributed by atoms with Crippen LogP contribution in [0.4, 0.5) is 0 Å². The molecule has 19 heavy (non-hydrogen) atoms. The van der Waals surface area contributed by atoms with Gasteiger partial charge in [0, 0.05) is 31.6 Å². The Labute approximate surface area is 114 Å². The topological polar surface area (TPSA) is 38.8 Å². The van der Waals surface area contributed by atoms with E-state index in [2.05, 4.69) is 11.0 Å². The first-order chi connectivity index (χ1) is 9.19. The summed E-state index contributed by atoms with van der Waals surface area (Å²) in [5.41, 5.74) is 2.19. The van der Waals surface area contributed by atoms with Crippen molar-refractivity contribution < 1.29 is 14.3 Å². The van der Waals surface area contributed by atoms with Crippen LogP contribution < -0.4 is 4.74 Å². The maximum Gasteiger partial charge on any atom is 0.134 e. The highest BCUT2D eigenvalue weighted by atomic mass is 16.5. The summed E-state index contributed by atoms with van der Waals surface area (Å²) in [7, 11) is 1.68. The van der Waals surface area contributed by atoms with Crippen molar-refractivity contribution in [1.29, 1.82) is 0 Å². The van der Waals surface area contributed by atoms with E-state index in [1.807, 2.05) is 12.1 Å². The van der Waals surface area contributed by atoms with Gasteiger partial charge in [-0.15, -0.1) is 0 Å². The molecule has 2 rings (SSSR count). The van der Waals surface area contributed by atoms with E-state index in [4.69, 9.17) is 9.47 Å². The van der Waals surface area contributed by atoms with Gasteiger partial charge in [-0.25, -0.2) is 0 Å². The van der Waals surface area contributed by atoms with Crippen LogP contribution in [0.3, 0.4) is 0 Å². The van der Waals surface area contributed by atoms with Crippen LogP contribution in [0.5, 0.6) is 5.75 Å². The van der Waals surface area contributed by atoms with Crippen LogP contribution in [-0.2, 0) is 22.5 Å². The minimum atomic E-state index is 0.183. The van der Waals surface area contributed by atoms with Crippen molar-refractivity contribution in [2.75, 3.05) is 33.4 Å². The Morgan fingerprint density at radius 1 is 1.37 bits per heavy atom. The van der Waals surface area contributed by atoms with E-state index in [9.17, 15) is 4.79 Å². The molecule has 0 N–H and O–H groups in total. The van der Waals surface area contributed by atoms with Crippen molar-refractivity contribution in [1.82, 2.24) is 4.90 Å². The summed E-state index contributed by atoms with van der Waals surface area (Å²) in [4.78, 5) is 13.6. The minimum Gasteiger partial charge on any atom is -0.496 e. The van der Waals surface area contributed by atoms with Gasteiger partial charge in [0.15, 0.2) is 0 Å². The lowest BCUT2D eigenvalue weighted by Gasteiger charge is -2.27. The number of hydrogen-bond acceptors (Lipinski definition) is 4. The SMILES string of the molecule is COc1ccc(CC(C)=O)cc1CN1CCOCC1. The van der Waals surface area contributed by atoms with Crippen LogP contribution in [0, 0.1) is 0 Å². The van der Waals surface area contributed by atoms with Gasteiger partial charge in [0.05, 0.1) is 20.3 Å². The van der Waals surface area contributed by atoms with Crippen molar-refractivity contribution in [2.24, 2.45) is 0 Å². The molecule has 1 aliphatic rings. The highest BCUT2D eigenvalue weighted by molar-refractivity contribution is 5.78. The summed E-state index contributed by atoms with van der Waals surface area (Å²) >= 11 is 0. The van der Waals surface area contributed by atoms with Gasteiger partial charge in [-0.05, 0) is 18.6 Å². The monoisotopic (exact) mass is 263 g/mol. The molecule has 0 saturated carbocycles. The van der Waals surface area contributed by atoms with E-state index < -0.39 is 0 Å². The third kappa shape index (κ3) is 4.04. The summed E-state index contributed by atoms with van der Waals surface area (Å²) in [5.74, 6) is 1.07. The molecular weight excluding hydrogens is 242 g/mol. The van der Waals surface area contributed by atoms with E-state index in [1.165, 1.54) is 0 Å². The molecule has 0 amide bonds. The van der Waals surface area contributed by atoms with Crippen LogP contribution in [-0.4, -0.2) is 44.1 Å². The summed E-state index contributed by atoms with van der Waals surface area (Å²) in [5, 5.41) is 0. The van der Waals surface area contributed by atoms with Crippen LogP contribution in [0.2, 0.25) is 0 Å². The molecular formula is C15H21NO3. The number of methoxy groups -OCH3 is 1. The molecule has 0 unspecified atom stereocenters. The van der Waals surface area contributed by atoms with Crippen molar-refractivity contribution >= 4 is 5.78 Å². The van der Waals surface area contributed by atoms with Gasteiger partial charge in [-0.2, -0.15) is 0 Å².